The summed E-state index contributed by atoms with van der Waals surface area (Å²) in [6, 6.07) is 10.6. The number of aromatic nitrogens is 2. The molecular weight excluding hydrogens is 314 g/mol. The molecule has 1 amide bonds. The smallest absolute Gasteiger partial charge is 0.252 e. The summed E-state index contributed by atoms with van der Waals surface area (Å²) in [5.41, 5.74) is 1.30. The maximum atomic E-state index is 13.0. The minimum atomic E-state index is -0.292. The standard InChI is InChI=1S/C20H27N3O2/c1-16(10-11-17-7-4-3-5-8-17)23(15-19-21-12-13-22(19)2)20(24)18-9-6-14-25-18/h3-5,7-8,12-13,16,18H,6,9-11,14-15H2,1-2H3/t16-,18+/m1/s1. The van der Waals surface area contributed by atoms with Gasteiger partial charge in [-0.2, -0.15) is 0 Å². The van der Waals surface area contributed by atoms with Crippen LogP contribution in [0.15, 0.2) is 42.7 Å². The van der Waals surface area contributed by atoms with Gasteiger partial charge in [0.25, 0.3) is 5.91 Å². The first-order valence-corrected chi connectivity index (χ1v) is 9.07. The van der Waals surface area contributed by atoms with Gasteiger partial charge in [0.05, 0.1) is 6.54 Å². The van der Waals surface area contributed by atoms with Gasteiger partial charge >= 0.3 is 0 Å². The van der Waals surface area contributed by atoms with Crippen molar-refractivity contribution >= 4 is 5.91 Å². The van der Waals surface area contributed by atoms with E-state index in [2.05, 4.69) is 36.2 Å². The van der Waals surface area contributed by atoms with Gasteiger partial charge in [-0.3, -0.25) is 4.79 Å². The topological polar surface area (TPSA) is 47.4 Å². The molecular formula is C20H27N3O2. The lowest BCUT2D eigenvalue weighted by Gasteiger charge is -2.31. The Morgan fingerprint density at radius 2 is 2.20 bits per heavy atom. The predicted molar refractivity (Wildman–Crippen MR) is 97.0 cm³/mol. The normalized spacial score (nSPS) is 18.2. The molecule has 0 radical (unpaired) electrons. The van der Waals surface area contributed by atoms with Crippen molar-refractivity contribution in [3.05, 3.63) is 54.1 Å². The number of ether oxygens (including phenoxy) is 1. The van der Waals surface area contributed by atoms with Gasteiger partial charge in [-0.1, -0.05) is 30.3 Å². The highest BCUT2D eigenvalue weighted by Crippen LogP contribution is 2.20. The number of benzene rings is 1. The molecule has 0 N–H and O–H groups in total. The number of aryl methyl sites for hydroxylation is 2. The highest BCUT2D eigenvalue weighted by molar-refractivity contribution is 5.81. The van der Waals surface area contributed by atoms with E-state index < -0.39 is 0 Å². The van der Waals surface area contributed by atoms with Crippen LogP contribution in [-0.2, 0) is 29.5 Å². The number of rotatable bonds is 7. The van der Waals surface area contributed by atoms with E-state index in [4.69, 9.17) is 4.74 Å². The molecule has 1 aromatic carbocycles. The fraction of sp³-hybridized carbons (Fsp3) is 0.500. The van der Waals surface area contributed by atoms with Crippen molar-refractivity contribution in [3.8, 4) is 0 Å². The van der Waals surface area contributed by atoms with Crippen LogP contribution in [0.4, 0.5) is 0 Å². The summed E-state index contributed by atoms with van der Waals surface area (Å²) in [7, 11) is 1.96. The largest absolute Gasteiger partial charge is 0.368 e. The van der Waals surface area contributed by atoms with E-state index in [0.29, 0.717) is 13.2 Å². The molecule has 0 spiro atoms. The van der Waals surface area contributed by atoms with Crippen molar-refractivity contribution in [1.82, 2.24) is 14.5 Å². The number of carbonyl (C=O) groups excluding carboxylic acids is 1. The molecule has 5 nitrogen and oxygen atoms in total. The van der Waals surface area contributed by atoms with Crippen LogP contribution in [0.1, 0.15) is 37.6 Å². The Kier molecular flexibility index (Phi) is 5.87. The third-order valence-electron chi connectivity index (χ3n) is 4.95. The van der Waals surface area contributed by atoms with E-state index in [1.165, 1.54) is 5.56 Å². The van der Waals surface area contributed by atoms with Gasteiger partial charge in [-0.05, 0) is 38.2 Å². The van der Waals surface area contributed by atoms with E-state index in [-0.39, 0.29) is 18.1 Å². The number of imidazole rings is 1. The third-order valence-corrected chi connectivity index (χ3v) is 4.95. The van der Waals surface area contributed by atoms with Gasteiger partial charge in [0.15, 0.2) is 0 Å². The first-order chi connectivity index (χ1) is 12.1. The Morgan fingerprint density at radius 1 is 1.40 bits per heavy atom. The first kappa shape index (κ1) is 17.7. The maximum Gasteiger partial charge on any atom is 0.252 e. The predicted octanol–water partition coefficient (Wildman–Crippen LogP) is 2.95. The van der Waals surface area contributed by atoms with Crippen molar-refractivity contribution in [2.75, 3.05) is 6.61 Å². The third kappa shape index (κ3) is 4.48. The summed E-state index contributed by atoms with van der Waals surface area (Å²) in [6.45, 7) is 3.34. The van der Waals surface area contributed by atoms with E-state index in [0.717, 1.165) is 31.5 Å². The second-order valence-corrected chi connectivity index (χ2v) is 6.80. The molecule has 3 rings (SSSR count). The monoisotopic (exact) mass is 341 g/mol. The molecule has 5 heteroatoms. The van der Waals surface area contributed by atoms with Crippen LogP contribution < -0.4 is 0 Å². The van der Waals surface area contributed by atoms with E-state index in [1.54, 1.807) is 6.20 Å². The second kappa shape index (κ2) is 8.30. The van der Waals surface area contributed by atoms with Crippen molar-refractivity contribution in [3.63, 3.8) is 0 Å². The zero-order valence-electron chi connectivity index (χ0n) is 15.1. The summed E-state index contributed by atoms with van der Waals surface area (Å²) in [4.78, 5) is 19.3. The van der Waals surface area contributed by atoms with Gasteiger partial charge in [0.1, 0.15) is 11.9 Å². The summed E-state index contributed by atoms with van der Waals surface area (Å²) in [5, 5.41) is 0. The van der Waals surface area contributed by atoms with E-state index >= 15 is 0 Å². The van der Waals surface area contributed by atoms with Crippen molar-refractivity contribution in [2.45, 2.75) is 51.3 Å². The van der Waals surface area contributed by atoms with Crippen LogP contribution in [0.25, 0.3) is 0 Å². The number of hydrogen-bond donors (Lipinski definition) is 0. The van der Waals surface area contributed by atoms with Crippen molar-refractivity contribution < 1.29 is 9.53 Å². The van der Waals surface area contributed by atoms with E-state index in [1.807, 2.05) is 28.8 Å². The fourth-order valence-electron chi connectivity index (χ4n) is 3.29. The molecule has 1 aromatic heterocycles. The molecule has 1 saturated heterocycles. The highest BCUT2D eigenvalue weighted by Gasteiger charge is 2.31. The average Bonchev–Trinajstić information content (AvgIpc) is 3.30. The average molecular weight is 341 g/mol. The van der Waals surface area contributed by atoms with Crippen LogP contribution in [0, 0.1) is 0 Å². The molecule has 134 valence electrons. The van der Waals surface area contributed by atoms with Gasteiger partial charge < -0.3 is 14.2 Å². The molecule has 0 aliphatic carbocycles. The van der Waals surface area contributed by atoms with Crippen LogP contribution in [0.3, 0.4) is 0 Å². The summed E-state index contributed by atoms with van der Waals surface area (Å²) in [6.07, 6.45) is 7.06. The molecule has 2 atom stereocenters. The Balaban J connectivity index is 1.70. The van der Waals surface area contributed by atoms with Gasteiger partial charge in [0.2, 0.25) is 0 Å². The summed E-state index contributed by atoms with van der Waals surface area (Å²) in [5.74, 6) is 0.999. The molecule has 1 fully saturated rings. The van der Waals surface area contributed by atoms with Crippen molar-refractivity contribution in [1.29, 1.82) is 0 Å². The Bertz CT molecular complexity index is 677. The van der Waals surface area contributed by atoms with Gasteiger partial charge in [0, 0.05) is 32.1 Å². The van der Waals surface area contributed by atoms with Crippen LogP contribution in [-0.4, -0.2) is 39.1 Å². The molecule has 1 aliphatic rings. The minimum absolute atomic E-state index is 0.0982. The number of carbonyl (C=O) groups is 1. The fourth-order valence-corrected chi connectivity index (χ4v) is 3.29. The van der Waals surface area contributed by atoms with E-state index in [9.17, 15) is 4.79 Å². The quantitative estimate of drug-likeness (QED) is 0.778. The Hall–Kier alpha value is -2.14. The van der Waals surface area contributed by atoms with Crippen LogP contribution >= 0.6 is 0 Å². The molecule has 1 aliphatic heterocycles. The summed E-state index contributed by atoms with van der Waals surface area (Å²) < 4.78 is 7.61. The number of hydrogen-bond acceptors (Lipinski definition) is 3. The molecule has 0 bridgehead atoms. The lowest BCUT2D eigenvalue weighted by atomic mass is 10.0. The second-order valence-electron chi connectivity index (χ2n) is 6.80. The molecule has 2 aromatic rings. The molecule has 0 saturated carbocycles. The zero-order chi connectivity index (χ0) is 17.6. The SMILES string of the molecule is C[C@H](CCc1ccccc1)N(Cc1nccn1C)C(=O)[C@@H]1CCCO1. The van der Waals surface area contributed by atoms with Crippen LogP contribution in [0.2, 0.25) is 0 Å². The Morgan fingerprint density at radius 3 is 2.84 bits per heavy atom. The highest BCUT2D eigenvalue weighted by atomic mass is 16.5. The summed E-state index contributed by atoms with van der Waals surface area (Å²) >= 11 is 0. The van der Waals surface area contributed by atoms with Gasteiger partial charge in [-0.15, -0.1) is 0 Å². The zero-order valence-corrected chi connectivity index (χ0v) is 15.1. The van der Waals surface area contributed by atoms with Crippen molar-refractivity contribution in [2.24, 2.45) is 7.05 Å². The molecule has 0 unspecified atom stereocenters. The van der Waals surface area contributed by atoms with Gasteiger partial charge in [-0.25, -0.2) is 4.98 Å². The number of amides is 1. The molecule has 25 heavy (non-hydrogen) atoms. The van der Waals surface area contributed by atoms with Crippen LogP contribution in [0.5, 0.6) is 0 Å². The molecule has 2 heterocycles. The minimum Gasteiger partial charge on any atom is -0.368 e. The number of nitrogens with zero attached hydrogens (tertiary/aromatic N) is 3. The maximum absolute atomic E-state index is 13.0. The lowest BCUT2D eigenvalue weighted by Crippen LogP contribution is -2.44. The Labute approximate surface area is 149 Å². The first-order valence-electron chi connectivity index (χ1n) is 9.07. The lowest BCUT2D eigenvalue weighted by molar-refractivity contribution is -0.144.